The van der Waals surface area contributed by atoms with Crippen molar-refractivity contribution in [2.24, 2.45) is 4.99 Å². The van der Waals surface area contributed by atoms with Crippen molar-refractivity contribution < 1.29 is 9.84 Å². The van der Waals surface area contributed by atoms with Gasteiger partial charge in [-0.3, -0.25) is 13.9 Å². The van der Waals surface area contributed by atoms with Gasteiger partial charge in [-0.2, -0.15) is 0 Å². The second-order valence-electron chi connectivity index (χ2n) is 10.0. The summed E-state index contributed by atoms with van der Waals surface area (Å²) >= 11 is 0. The Labute approximate surface area is 215 Å². The minimum atomic E-state index is -0.416. The molecule has 0 amide bonds. The molecular weight excluding hydrogens is 470 g/mol. The number of rotatable bonds is 8. The highest BCUT2D eigenvalue weighted by atomic mass is 16.5. The van der Waals surface area contributed by atoms with Gasteiger partial charge in [0.2, 0.25) is 0 Å². The Bertz CT molecular complexity index is 1550. The molecule has 0 saturated heterocycles. The molecule has 0 bridgehead atoms. The zero-order chi connectivity index (χ0) is 26.1. The molecule has 0 aromatic carbocycles. The van der Waals surface area contributed by atoms with Crippen LogP contribution in [0.1, 0.15) is 71.2 Å². The zero-order valence-corrected chi connectivity index (χ0v) is 21.7. The molecule has 194 valence electrons. The van der Waals surface area contributed by atoms with E-state index in [2.05, 4.69) is 11.5 Å². The van der Waals surface area contributed by atoms with Gasteiger partial charge >= 0.3 is 5.69 Å². The number of aliphatic hydroxyl groups excluding tert-OH is 1. The zero-order valence-electron chi connectivity index (χ0n) is 21.7. The first kappa shape index (κ1) is 25.0. The summed E-state index contributed by atoms with van der Waals surface area (Å²) in [5.74, 6) is 1.38. The van der Waals surface area contributed by atoms with E-state index in [9.17, 15) is 14.7 Å². The van der Waals surface area contributed by atoms with Crippen molar-refractivity contribution in [2.45, 2.75) is 84.5 Å². The Balaban J connectivity index is 1.74. The average molecular weight is 504 g/mol. The number of hydrogen-bond acceptors (Lipinski definition) is 6. The molecule has 5 rings (SSSR count). The lowest BCUT2D eigenvalue weighted by molar-refractivity contribution is 0.104. The highest BCUT2D eigenvalue weighted by molar-refractivity contribution is 5.86. The lowest BCUT2D eigenvalue weighted by Gasteiger charge is -2.28. The monoisotopic (exact) mass is 503 g/mol. The van der Waals surface area contributed by atoms with Gasteiger partial charge in [0.05, 0.1) is 6.54 Å². The Kier molecular flexibility index (Phi) is 7.02. The van der Waals surface area contributed by atoms with Crippen LogP contribution in [-0.2, 0) is 17.8 Å². The van der Waals surface area contributed by atoms with Crippen molar-refractivity contribution in [3.05, 3.63) is 67.6 Å². The van der Waals surface area contributed by atoms with Crippen LogP contribution in [0.25, 0.3) is 16.7 Å². The summed E-state index contributed by atoms with van der Waals surface area (Å²) in [4.78, 5) is 36.8. The van der Waals surface area contributed by atoms with Crippen molar-refractivity contribution in [1.29, 1.82) is 0 Å². The third-order valence-electron chi connectivity index (χ3n) is 7.10. The van der Waals surface area contributed by atoms with Gasteiger partial charge in [-0.1, -0.05) is 17.5 Å². The maximum atomic E-state index is 13.8. The van der Waals surface area contributed by atoms with Crippen LogP contribution in [0.2, 0.25) is 0 Å². The molecule has 1 saturated carbocycles. The summed E-state index contributed by atoms with van der Waals surface area (Å²) in [5, 5.41) is 9.37. The summed E-state index contributed by atoms with van der Waals surface area (Å²) in [6.07, 6.45) is 10.8. The van der Waals surface area contributed by atoms with Crippen LogP contribution in [0.15, 0.2) is 55.5 Å². The molecule has 0 radical (unpaired) electrons. The second kappa shape index (κ2) is 10.4. The van der Waals surface area contributed by atoms with Crippen LogP contribution < -0.4 is 11.2 Å². The SMILES string of the molecule is CC1=C(c2nc3c(c(=O)n(CCCO)c(=O)n3C(C)C)n2CC2=C=C=CC=C2)CCC(OC2CCC2)=N1. The fraction of sp³-hybridized carbons (Fsp3) is 0.500. The molecular formula is C28H33N5O4. The molecule has 9 nitrogen and oxygen atoms in total. The van der Waals surface area contributed by atoms with Crippen LogP contribution in [0.3, 0.4) is 0 Å². The molecule has 37 heavy (non-hydrogen) atoms. The molecule has 0 spiro atoms. The lowest BCUT2D eigenvalue weighted by Crippen LogP contribution is -2.41. The first-order valence-electron chi connectivity index (χ1n) is 13.1. The van der Waals surface area contributed by atoms with Gasteiger partial charge in [-0.25, -0.2) is 14.8 Å². The number of ether oxygens (including phenoxy) is 1. The highest BCUT2D eigenvalue weighted by Gasteiger charge is 2.28. The summed E-state index contributed by atoms with van der Waals surface area (Å²) in [6.45, 7) is 6.12. The van der Waals surface area contributed by atoms with E-state index in [1.54, 1.807) is 10.6 Å². The van der Waals surface area contributed by atoms with Crippen molar-refractivity contribution in [3.63, 3.8) is 0 Å². The standard InChI is InChI=1S/C28H33N5O4/c1-18(2)33-26-24(27(35)31(28(33)36)15-8-16-34)32(17-20-9-5-4-6-10-20)25(30-26)22-13-14-23(29-19(22)3)37-21-11-7-12-21/h4-5,9,18,21,34H,7-8,11-17H2,1-3H3. The molecule has 2 aromatic heterocycles. The predicted octanol–water partition coefficient (Wildman–Crippen LogP) is 3.62. The molecule has 3 aliphatic rings. The minimum Gasteiger partial charge on any atom is -0.477 e. The van der Waals surface area contributed by atoms with E-state index >= 15 is 0 Å². The molecule has 2 aliphatic carbocycles. The number of imidazole rings is 1. The van der Waals surface area contributed by atoms with Crippen LogP contribution in [0.4, 0.5) is 0 Å². The number of aliphatic hydroxyl groups is 1. The van der Waals surface area contributed by atoms with E-state index in [1.165, 1.54) is 11.0 Å². The van der Waals surface area contributed by atoms with Gasteiger partial charge < -0.3 is 14.4 Å². The smallest absolute Gasteiger partial charge is 0.332 e. The van der Waals surface area contributed by atoms with Crippen molar-refractivity contribution in [3.8, 4) is 0 Å². The van der Waals surface area contributed by atoms with Crippen LogP contribution in [0, 0.1) is 0 Å². The first-order valence-corrected chi connectivity index (χ1v) is 13.1. The van der Waals surface area contributed by atoms with Gasteiger partial charge in [-0.05, 0) is 65.0 Å². The van der Waals surface area contributed by atoms with Gasteiger partial charge in [0.15, 0.2) is 17.1 Å². The summed E-state index contributed by atoms with van der Waals surface area (Å²) < 4.78 is 10.7. The fourth-order valence-corrected chi connectivity index (χ4v) is 4.94. The lowest BCUT2D eigenvalue weighted by atomic mass is 9.96. The largest absolute Gasteiger partial charge is 0.477 e. The van der Waals surface area contributed by atoms with E-state index in [0.717, 1.165) is 35.6 Å². The molecule has 0 unspecified atom stereocenters. The number of allylic oxidation sites excluding steroid dienone is 6. The second-order valence-corrected chi connectivity index (χ2v) is 10.0. The highest BCUT2D eigenvalue weighted by Crippen LogP contribution is 2.32. The number of hydrogen-bond donors (Lipinski definition) is 1. The van der Waals surface area contributed by atoms with E-state index in [0.29, 0.717) is 42.8 Å². The third-order valence-corrected chi connectivity index (χ3v) is 7.10. The van der Waals surface area contributed by atoms with Gasteiger partial charge in [0.1, 0.15) is 11.9 Å². The van der Waals surface area contributed by atoms with E-state index in [1.807, 2.05) is 37.5 Å². The fourth-order valence-electron chi connectivity index (χ4n) is 4.94. The minimum absolute atomic E-state index is 0.111. The summed E-state index contributed by atoms with van der Waals surface area (Å²) in [7, 11) is 0. The van der Waals surface area contributed by atoms with Crippen LogP contribution >= 0.6 is 0 Å². The Hall–Kier alpha value is -3.64. The Morgan fingerprint density at radius 1 is 1.22 bits per heavy atom. The van der Waals surface area contributed by atoms with Gasteiger partial charge in [-0.15, -0.1) is 0 Å². The Morgan fingerprint density at radius 3 is 2.65 bits per heavy atom. The van der Waals surface area contributed by atoms with Crippen molar-refractivity contribution in [1.82, 2.24) is 18.7 Å². The molecule has 1 fully saturated rings. The molecule has 3 heterocycles. The summed E-state index contributed by atoms with van der Waals surface area (Å²) in [6, 6.07) is -0.217. The number of aromatic nitrogens is 4. The molecule has 2 aromatic rings. The molecule has 1 aliphatic heterocycles. The maximum absolute atomic E-state index is 13.8. The predicted molar refractivity (Wildman–Crippen MR) is 143 cm³/mol. The number of nitrogens with zero attached hydrogens (tertiary/aromatic N) is 5. The number of fused-ring (bicyclic) bond motifs is 1. The van der Waals surface area contributed by atoms with E-state index in [4.69, 9.17) is 14.7 Å². The molecule has 9 heteroatoms. The van der Waals surface area contributed by atoms with E-state index < -0.39 is 11.2 Å². The Morgan fingerprint density at radius 2 is 2.03 bits per heavy atom. The van der Waals surface area contributed by atoms with Crippen molar-refractivity contribution >= 4 is 22.6 Å². The molecule has 0 atom stereocenters. The topological polar surface area (TPSA) is 104 Å². The molecule has 1 N–H and O–H groups in total. The maximum Gasteiger partial charge on any atom is 0.332 e. The normalized spacial score (nSPS) is 17.5. The van der Waals surface area contributed by atoms with Crippen LogP contribution in [-0.4, -0.2) is 42.4 Å². The van der Waals surface area contributed by atoms with E-state index in [-0.39, 0.29) is 25.3 Å². The third kappa shape index (κ3) is 4.74. The van der Waals surface area contributed by atoms with Crippen molar-refractivity contribution in [2.75, 3.05) is 6.61 Å². The van der Waals surface area contributed by atoms with Gasteiger partial charge in [0, 0.05) is 42.5 Å². The number of aliphatic imine (C=N–C) groups is 1. The quantitative estimate of drug-likeness (QED) is 0.554. The first-order chi connectivity index (χ1) is 17.9. The van der Waals surface area contributed by atoms with Gasteiger partial charge in [0.25, 0.3) is 5.56 Å². The average Bonchev–Trinajstić information content (AvgIpc) is 3.20. The van der Waals surface area contributed by atoms with Crippen LogP contribution in [0.5, 0.6) is 0 Å². The summed E-state index contributed by atoms with van der Waals surface area (Å²) in [5.41, 5.74) is 8.59.